The minimum absolute atomic E-state index is 0.0364. The molecule has 2 aliphatic heterocycles. The van der Waals surface area contributed by atoms with E-state index in [1.807, 2.05) is 0 Å². The second kappa shape index (κ2) is 9.13. The lowest BCUT2D eigenvalue weighted by atomic mass is 9.92. The third kappa shape index (κ3) is 5.87. The van der Waals surface area contributed by atoms with Crippen molar-refractivity contribution in [2.45, 2.75) is 31.6 Å². The van der Waals surface area contributed by atoms with Crippen molar-refractivity contribution in [1.82, 2.24) is 9.80 Å². The van der Waals surface area contributed by atoms with Gasteiger partial charge in [-0.15, -0.1) is 0 Å². The predicted molar refractivity (Wildman–Crippen MR) is 96.9 cm³/mol. The summed E-state index contributed by atoms with van der Waals surface area (Å²) in [6.07, 6.45) is -7.63. The van der Waals surface area contributed by atoms with Crippen LogP contribution in [0.1, 0.15) is 40.7 Å². The number of likely N-dealkylation sites (tertiary alicyclic amines) is 1. The van der Waals surface area contributed by atoms with Crippen LogP contribution < -0.4 is 0 Å². The topological polar surface area (TPSA) is 32.8 Å². The summed E-state index contributed by atoms with van der Waals surface area (Å²) >= 11 is 0. The number of carbonyl (C=O) groups is 1. The molecular formula is C20H24F6N2O2. The lowest BCUT2D eigenvalue weighted by Gasteiger charge is -2.34. The van der Waals surface area contributed by atoms with Gasteiger partial charge in [-0.25, -0.2) is 0 Å². The van der Waals surface area contributed by atoms with Gasteiger partial charge < -0.3 is 9.64 Å². The number of nitrogens with zero attached hydrogens (tertiary/aromatic N) is 2. The number of ether oxygens (including phenoxy) is 1. The lowest BCUT2D eigenvalue weighted by molar-refractivity contribution is -0.143. The molecule has 1 aromatic carbocycles. The van der Waals surface area contributed by atoms with Crippen molar-refractivity contribution in [3.05, 3.63) is 34.9 Å². The van der Waals surface area contributed by atoms with Gasteiger partial charge >= 0.3 is 12.4 Å². The lowest BCUT2D eigenvalue weighted by Crippen LogP contribution is -2.41. The van der Waals surface area contributed by atoms with Crippen LogP contribution in [0.15, 0.2) is 18.2 Å². The van der Waals surface area contributed by atoms with E-state index < -0.39 is 35.0 Å². The first kappa shape index (κ1) is 22.9. The van der Waals surface area contributed by atoms with Gasteiger partial charge in [-0.2, -0.15) is 26.3 Å². The summed E-state index contributed by atoms with van der Waals surface area (Å²) in [6, 6.07) is 1.04. The molecule has 0 bridgehead atoms. The Balaban J connectivity index is 1.62. The van der Waals surface area contributed by atoms with Gasteiger partial charge in [-0.3, -0.25) is 9.69 Å². The molecule has 1 aromatic rings. The maximum atomic E-state index is 13.0. The molecule has 2 saturated heterocycles. The average Bonchev–Trinajstić information content (AvgIpc) is 2.71. The molecule has 0 radical (unpaired) electrons. The van der Waals surface area contributed by atoms with E-state index in [1.165, 1.54) is 4.90 Å². The fraction of sp³-hybridized carbons (Fsp3) is 0.650. The number of rotatable bonds is 4. The summed E-state index contributed by atoms with van der Waals surface area (Å²) in [5.74, 6) is -0.414. The van der Waals surface area contributed by atoms with Crippen molar-refractivity contribution in [2.75, 3.05) is 45.9 Å². The molecule has 30 heavy (non-hydrogen) atoms. The van der Waals surface area contributed by atoms with E-state index in [2.05, 4.69) is 4.90 Å². The maximum Gasteiger partial charge on any atom is 0.416 e. The first-order valence-corrected chi connectivity index (χ1v) is 9.93. The molecule has 168 valence electrons. The highest BCUT2D eigenvalue weighted by molar-refractivity contribution is 5.94. The molecule has 0 unspecified atom stereocenters. The van der Waals surface area contributed by atoms with Crippen LogP contribution in [-0.4, -0.2) is 61.6 Å². The standard InChI is InChI=1S/C20H24F6N2O2/c21-19(22,23)16-11-15(12-17(13-16)20(24,25)26)18(29)28-5-2-14(3-6-28)1-4-27-7-9-30-10-8-27/h11-14H,1-10H2. The van der Waals surface area contributed by atoms with E-state index in [4.69, 9.17) is 4.74 Å². The van der Waals surface area contributed by atoms with Crippen molar-refractivity contribution in [1.29, 1.82) is 0 Å². The highest BCUT2D eigenvalue weighted by Crippen LogP contribution is 2.36. The van der Waals surface area contributed by atoms with Gasteiger partial charge in [0.1, 0.15) is 0 Å². The molecule has 0 atom stereocenters. The molecule has 0 N–H and O–H groups in total. The summed E-state index contributed by atoms with van der Waals surface area (Å²) < 4.78 is 83.5. The fourth-order valence-corrected chi connectivity index (χ4v) is 3.88. The van der Waals surface area contributed by atoms with E-state index in [0.29, 0.717) is 57.2 Å². The number of carbonyl (C=O) groups excluding carboxylic acids is 1. The van der Waals surface area contributed by atoms with Crippen molar-refractivity contribution in [3.8, 4) is 0 Å². The summed E-state index contributed by atoms with van der Waals surface area (Å²) in [7, 11) is 0. The molecular weight excluding hydrogens is 414 g/mol. The normalized spacial score (nSPS) is 19.9. The summed E-state index contributed by atoms with van der Waals surface area (Å²) in [4.78, 5) is 16.3. The van der Waals surface area contributed by atoms with Crippen molar-refractivity contribution in [3.63, 3.8) is 0 Å². The Morgan fingerprint density at radius 3 is 1.93 bits per heavy atom. The summed E-state index contributed by atoms with van der Waals surface area (Å²) in [6.45, 7) is 4.76. The zero-order valence-electron chi connectivity index (χ0n) is 16.4. The molecule has 2 fully saturated rings. The van der Waals surface area contributed by atoms with Crippen molar-refractivity contribution < 1.29 is 35.9 Å². The summed E-state index contributed by atoms with van der Waals surface area (Å²) in [5, 5.41) is 0. The first-order valence-electron chi connectivity index (χ1n) is 9.93. The average molecular weight is 438 g/mol. The first-order chi connectivity index (χ1) is 14.0. The van der Waals surface area contributed by atoms with Gasteiger partial charge in [0.15, 0.2) is 0 Å². The second-order valence-electron chi connectivity index (χ2n) is 7.77. The van der Waals surface area contributed by atoms with Crippen LogP contribution in [0.3, 0.4) is 0 Å². The SMILES string of the molecule is O=C(c1cc(C(F)(F)F)cc(C(F)(F)F)c1)N1CCC(CCN2CCOCC2)CC1. The fourth-order valence-electron chi connectivity index (χ4n) is 3.88. The number of hydrogen-bond acceptors (Lipinski definition) is 3. The quantitative estimate of drug-likeness (QED) is 0.658. The zero-order valence-corrected chi connectivity index (χ0v) is 16.4. The van der Waals surface area contributed by atoms with Crippen molar-refractivity contribution in [2.24, 2.45) is 5.92 Å². The molecule has 0 aromatic heterocycles. The number of amides is 1. The number of benzene rings is 1. The molecule has 2 aliphatic rings. The molecule has 0 aliphatic carbocycles. The van der Waals surface area contributed by atoms with Crippen LogP contribution in [0.25, 0.3) is 0 Å². The number of alkyl halides is 6. The van der Waals surface area contributed by atoms with Gasteiger partial charge in [-0.1, -0.05) is 0 Å². The van der Waals surface area contributed by atoms with Crippen LogP contribution in [-0.2, 0) is 17.1 Å². The van der Waals surface area contributed by atoms with Gasteiger partial charge in [0, 0.05) is 31.7 Å². The highest BCUT2D eigenvalue weighted by atomic mass is 19.4. The zero-order chi connectivity index (χ0) is 21.9. The second-order valence-corrected chi connectivity index (χ2v) is 7.77. The third-order valence-electron chi connectivity index (χ3n) is 5.69. The third-order valence-corrected chi connectivity index (χ3v) is 5.69. The van der Waals surface area contributed by atoms with Crippen LogP contribution in [0.2, 0.25) is 0 Å². The Morgan fingerprint density at radius 1 is 0.900 bits per heavy atom. The number of morpholine rings is 1. The van der Waals surface area contributed by atoms with Crippen LogP contribution >= 0.6 is 0 Å². The van der Waals surface area contributed by atoms with Crippen molar-refractivity contribution >= 4 is 5.91 Å². The van der Waals surface area contributed by atoms with E-state index in [0.717, 1.165) is 26.1 Å². The Bertz CT molecular complexity index is 704. The Labute approximate surface area is 170 Å². The van der Waals surface area contributed by atoms with Gasteiger partial charge in [-0.05, 0) is 49.9 Å². The van der Waals surface area contributed by atoms with Gasteiger partial charge in [0.2, 0.25) is 0 Å². The largest absolute Gasteiger partial charge is 0.416 e. The van der Waals surface area contributed by atoms with Crippen LogP contribution in [0, 0.1) is 5.92 Å². The Hall–Kier alpha value is -1.81. The molecule has 2 heterocycles. The summed E-state index contributed by atoms with van der Waals surface area (Å²) in [5.41, 5.74) is -3.52. The maximum absolute atomic E-state index is 13.0. The monoisotopic (exact) mass is 438 g/mol. The van der Waals surface area contributed by atoms with E-state index in [9.17, 15) is 31.1 Å². The van der Waals surface area contributed by atoms with E-state index in [1.54, 1.807) is 0 Å². The molecule has 4 nitrogen and oxygen atoms in total. The molecule has 0 saturated carbocycles. The Morgan fingerprint density at radius 2 is 1.43 bits per heavy atom. The van der Waals surface area contributed by atoms with E-state index in [-0.39, 0.29) is 6.07 Å². The minimum Gasteiger partial charge on any atom is -0.379 e. The number of piperidine rings is 1. The van der Waals surface area contributed by atoms with Crippen LogP contribution in [0.4, 0.5) is 26.3 Å². The molecule has 1 amide bonds. The number of hydrogen-bond donors (Lipinski definition) is 0. The Kier molecular flexibility index (Phi) is 6.96. The molecule has 0 spiro atoms. The van der Waals surface area contributed by atoms with Gasteiger partial charge in [0.05, 0.1) is 24.3 Å². The molecule has 3 rings (SSSR count). The number of halogens is 6. The molecule has 10 heteroatoms. The van der Waals surface area contributed by atoms with Crippen LogP contribution in [0.5, 0.6) is 0 Å². The van der Waals surface area contributed by atoms with E-state index >= 15 is 0 Å². The highest BCUT2D eigenvalue weighted by Gasteiger charge is 2.38. The predicted octanol–water partition coefficient (Wildman–Crippen LogP) is 4.30. The smallest absolute Gasteiger partial charge is 0.379 e. The minimum atomic E-state index is -4.97. The van der Waals surface area contributed by atoms with Gasteiger partial charge in [0.25, 0.3) is 5.91 Å².